The topological polar surface area (TPSA) is 75.6 Å². The Balaban J connectivity index is 4.52. The number of carbonyl (C=O) groups excluding carboxylic acids is 1. The molecule has 0 heterocycles. The molecular formula is C13H23NO4. The average Bonchev–Trinajstić information content (AvgIpc) is 2.14. The molecule has 0 saturated heterocycles. The normalized spacial score (nSPS) is 13.8. The number of nitrogens with one attached hydrogen (secondary N) is 1. The van der Waals surface area contributed by atoms with E-state index in [0.29, 0.717) is 0 Å². The molecule has 1 unspecified atom stereocenters. The van der Waals surface area contributed by atoms with Crippen molar-refractivity contribution in [3.05, 3.63) is 12.7 Å². The second-order valence-corrected chi connectivity index (χ2v) is 5.76. The van der Waals surface area contributed by atoms with Gasteiger partial charge in [-0.25, -0.2) is 0 Å². The van der Waals surface area contributed by atoms with E-state index in [1.807, 2.05) is 0 Å². The summed E-state index contributed by atoms with van der Waals surface area (Å²) in [5, 5.41) is 11.8. The largest absolute Gasteiger partial charge is 0.480 e. The van der Waals surface area contributed by atoms with Crippen LogP contribution in [-0.2, 0) is 14.3 Å². The molecule has 0 aliphatic heterocycles. The van der Waals surface area contributed by atoms with Gasteiger partial charge in [-0.2, -0.15) is 0 Å². The fraction of sp³-hybridized carbons (Fsp3) is 0.692. The minimum Gasteiger partial charge on any atom is -0.480 e. The van der Waals surface area contributed by atoms with Gasteiger partial charge in [0.2, 0.25) is 0 Å². The molecule has 0 rings (SSSR count). The standard InChI is InChI=1S/C13H23NO4/c1-7-13(5,6)10(11(16)17)14-8-9(15)18-12(2,3)4/h7,10,14H,1,8H2,2-6H3,(H,16,17). The van der Waals surface area contributed by atoms with Crippen molar-refractivity contribution in [1.82, 2.24) is 5.32 Å². The summed E-state index contributed by atoms with van der Waals surface area (Å²) in [5.41, 5.74) is -1.24. The van der Waals surface area contributed by atoms with E-state index >= 15 is 0 Å². The van der Waals surface area contributed by atoms with Crippen LogP contribution in [-0.4, -0.2) is 35.2 Å². The summed E-state index contributed by atoms with van der Waals surface area (Å²) < 4.78 is 5.09. The van der Waals surface area contributed by atoms with Crippen LogP contribution < -0.4 is 5.32 Å². The van der Waals surface area contributed by atoms with Gasteiger partial charge in [-0.15, -0.1) is 6.58 Å². The predicted octanol–water partition coefficient (Wildman–Crippen LogP) is 1.58. The third kappa shape index (κ3) is 5.82. The Kier molecular flexibility index (Phi) is 5.55. The van der Waals surface area contributed by atoms with E-state index in [4.69, 9.17) is 9.84 Å². The molecule has 0 spiro atoms. The van der Waals surface area contributed by atoms with Crippen LogP contribution in [0.25, 0.3) is 0 Å². The molecule has 0 amide bonds. The van der Waals surface area contributed by atoms with Crippen molar-refractivity contribution in [1.29, 1.82) is 0 Å². The summed E-state index contributed by atoms with van der Waals surface area (Å²) in [6, 6.07) is -0.887. The van der Waals surface area contributed by atoms with E-state index in [9.17, 15) is 9.59 Å². The van der Waals surface area contributed by atoms with Crippen molar-refractivity contribution in [2.75, 3.05) is 6.54 Å². The van der Waals surface area contributed by atoms with Crippen LogP contribution in [0.4, 0.5) is 0 Å². The molecule has 0 bridgehead atoms. The number of carbonyl (C=O) groups is 2. The highest BCUT2D eigenvalue weighted by Crippen LogP contribution is 2.22. The lowest BCUT2D eigenvalue weighted by atomic mass is 9.84. The lowest BCUT2D eigenvalue weighted by molar-refractivity contribution is -0.154. The molecule has 0 aromatic carbocycles. The summed E-state index contributed by atoms with van der Waals surface area (Å²) >= 11 is 0. The van der Waals surface area contributed by atoms with Gasteiger partial charge < -0.3 is 9.84 Å². The fourth-order valence-corrected chi connectivity index (χ4v) is 1.35. The number of carboxylic acid groups (broad SMARTS) is 1. The first-order valence-corrected chi connectivity index (χ1v) is 5.81. The Morgan fingerprint density at radius 3 is 2.17 bits per heavy atom. The minimum atomic E-state index is -1.02. The molecule has 18 heavy (non-hydrogen) atoms. The fourth-order valence-electron chi connectivity index (χ4n) is 1.35. The Bertz CT molecular complexity index is 328. The van der Waals surface area contributed by atoms with E-state index < -0.39 is 29.0 Å². The molecule has 0 aromatic heterocycles. The van der Waals surface area contributed by atoms with Crippen molar-refractivity contribution in [2.45, 2.75) is 46.3 Å². The third-order valence-corrected chi connectivity index (χ3v) is 2.39. The van der Waals surface area contributed by atoms with Gasteiger partial charge in [0.05, 0.1) is 6.54 Å². The number of rotatable bonds is 6. The molecule has 2 N–H and O–H groups in total. The molecule has 0 aromatic rings. The number of esters is 1. The van der Waals surface area contributed by atoms with Gasteiger partial charge in [0.1, 0.15) is 11.6 Å². The summed E-state index contributed by atoms with van der Waals surface area (Å²) in [5.74, 6) is -1.50. The van der Waals surface area contributed by atoms with Gasteiger partial charge in [-0.3, -0.25) is 14.9 Å². The highest BCUT2D eigenvalue weighted by atomic mass is 16.6. The summed E-state index contributed by atoms with van der Waals surface area (Å²) in [4.78, 5) is 22.6. The van der Waals surface area contributed by atoms with Crippen LogP contribution in [0, 0.1) is 5.41 Å². The van der Waals surface area contributed by atoms with Gasteiger partial charge in [0, 0.05) is 5.41 Å². The van der Waals surface area contributed by atoms with E-state index in [-0.39, 0.29) is 6.54 Å². The molecule has 0 aliphatic rings. The van der Waals surface area contributed by atoms with E-state index in [2.05, 4.69) is 11.9 Å². The molecule has 0 aliphatic carbocycles. The molecule has 5 heteroatoms. The zero-order valence-electron chi connectivity index (χ0n) is 11.7. The maximum atomic E-state index is 11.5. The number of hydrogen-bond donors (Lipinski definition) is 2. The quantitative estimate of drug-likeness (QED) is 0.558. The van der Waals surface area contributed by atoms with Crippen molar-refractivity contribution in [2.24, 2.45) is 5.41 Å². The first-order chi connectivity index (χ1) is 7.99. The van der Waals surface area contributed by atoms with Crippen LogP contribution in [0.2, 0.25) is 0 Å². The third-order valence-electron chi connectivity index (χ3n) is 2.39. The van der Waals surface area contributed by atoms with Crippen molar-refractivity contribution < 1.29 is 19.4 Å². The second-order valence-electron chi connectivity index (χ2n) is 5.76. The summed E-state index contributed by atoms with van der Waals surface area (Å²) in [6.07, 6.45) is 1.55. The summed E-state index contributed by atoms with van der Waals surface area (Å²) in [7, 11) is 0. The van der Waals surface area contributed by atoms with Crippen LogP contribution in [0.5, 0.6) is 0 Å². The lowest BCUT2D eigenvalue weighted by Crippen LogP contribution is -2.49. The zero-order chi connectivity index (χ0) is 14.6. The maximum Gasteiger partial charge on any atom is 0.321 e. The maximum absolute atomic E-state index is 11.5. The number of aliphatic carboxylic acids is 1. The van der Waals surface area contributed by atoms with Crippen molar-refractivity contribution in [3.8, 4) is 0 Å². The molecule has 0 saturated carbocycles. The predicted molar refractivity (Wildman–Crippen MR) is 69.2 cm³/mol. The number of carboxylic acids is 1. The Morgan fingerprint density at radius 2 is 1.83 bits per heavy atom. The zero-order valence-corrected chi connectivity index (χ0v) is 11.7. The van der Waals surface area contributed by atoms with E-state index in [1.165, 1.54) is 0 Å². The van der Waals surface area contributed by atoms with E-state index in [0.717, 1.165) is 0 Å². The Labute approximate surface area is 108 Å². The van der Waals surface area contributed by atoms with Gasteiger partial charge >= 0.3 is 11.9 Å². The van der Waals surface area contributed by atoms with Crippen molar-refractivity contribution >= 4 is 11.9 Å². The Hall–Kier alpha value is -1.36. The molecule has 5 nitrogen and oxygen atoms in total. The number of ether oxygens (including phenoxy) is 1. The number of hydrogen-bond acceptors (Lipinski definition) is 4. The highest BCUT2D eigenvalue weighted by Gasteiger charge is 2.33. The molecule has 0 fully saturated rings. The van der Waals surface area contributed by atoms with Crippen LogP contribution in [0.3, 0.4) is 0 Å². The smallest absolute Gasteiger partial charge is 0.321 e. The second kappa shape index (κ2) is 6.00. The lowest BCUT2D eigenvalue weighted by Gasteiger charge is -2.29. The van der Waals surface area contributed by atoms with Gasteiger partial charge in [0.25, 0.3) is 0 Å². The summed E-state index contributed by atoms with van der Waals surface area (Å²) in [6.45, 7) is 12.2. The molecule has 0 radical (unpaired) electrons. The van der Waals surface area contributed by atoms with Crippen LogP contribution >= 0.6 is 0 Å². The van der Waals surface area contributed by atoms with Gasteiger partial charge in [-0.1, -0.05) is 19.9 Å². The highest BCUT2D eigenvalue weighted by molar-refractivity contribution is 5.77. The van der Waals surface area contributed by atoms with Crippen molar-refractivity contribution in [3.63, 3.8) is 0 Å². The van der Waals surface area contributed by atoms with Gasteiger partial charge in [-0.05, 0) is 20.8 Å². The SMILES string of the molecule is C=CC(C)(C)C(NCC(=O)OC(C)(C)C)C(=O)O. The van der Waals surface area contributed by atoms with E-state index in [1.54, 1.807) is 40.7 Å². The van der Waals surface area contributed by atoms with Gasteiger partial charge in [0.15, 0.2) is 0 Å². The molecule has 104 valence electrons. The molecule has 1 atom stereocenters. The Morgan fingerprint density at radius 1 is 1.33 bits per heavy atom. The molecular weight excluding hydrogens is 234 g/mol. The van der Waals surface area contributed by atoms with Crippen LogP contribution in [0.1, 0.15) is 34.6 Å². The minimum absolute atomic E-state index is 0.147. The average molecular weight is 257 g/mol. The first kappa shape index (κ1) is 16.6. The monoisotopic (exact) mass is 257 g/mol. The first-order valence-electron chi connectivity index (χ1n) is 5.81. The van der Waals surface area contributed by atoms with Crippen LogP contribution in [0.15, 0.2) is 12.7 Å².